The average molecular weight is 325 g/mol. The fourth-order valence-electron chi connectivity index (χ4n) is 2.05. The molecule has 1 unspecified atom stereocenters. The third-order valence-electron chi connectivity index (χ3n) is 3.40. The van der Waals surface area contributed by atoms with Crippen LogP contribution in [0.15, 0.2) is 30.3 Å². The van der Waals surface area contributed by atoms with Crippen molar-refractivity contribution >= 4 is 12.0 Å². The van der Waals surface area contributed by atoms with Crippen LogP contribution in [-0.2, 0) is 9.53 Å². The summed E-state index contributed by atoms with van der Waals surface area (Å²) >= 11 is 0. The standard InChI is InChI=1S/C18H26O3.H3N.H2O/c1-4-6-7-8-16(5-2)21-18(19)14-11-15-9-12-17(20-3)13-10-15;;/h9-14,16H,4-8H2,1-3H3;1H3;1H2. The second-order valence-electron chi connectivity index (χ2n) is 5.07. The first-order valence-electron chi connectivity index (χ1n) is 7.72. The maximum atomic E-state index is 11.8. The Balaban J connectivity index is 0. The van der Waals surface area contributed by atoms with Crippen LogP contribution in [0.2, 0.25) is 0 Å². The highest BCUT2D eigenvalue weighted by molar-refractivity contribution is 5.87. The summed E-state index contributed by atoms with van der Waals surface area (Å²) in [6.07, 6.45) is 8.59. The van der Waals surface area contributed by atoms with Gasteiger partial charge in [-0.3, -0.25) is 0 Å². The zero-order valence-electron chi connectivity index (χ0n) is 14.7. The number of unbranched alkanes of at least 4 members (excludes halogenated alkanes) is 2. The molecule has 0 saturated heterocycles. The van der Waals surface area contributed by atoms with E-state index in [9.17, 15) is 4.79 Å². The van der Waals surface area contributed by atoms with Crippen LogP contribution in [0.5, 0.6) is 5.75 Å². The molecule has 0 aliphatic rings. The number of esters is 1. The molecule has 23 heavy (non-hydrogen) atoms. The molecule has 5 nitrogen and oxygen atoms in total. The Morgan fingerprint density at radius 2 is 1.83 bits per heavy atom. The Labute approximate surface area is 139 Å². The van der Waals surface area contributed by atoms with E-state index in [0.717, 1.165) is 30.6 Å². The van der Waals surface area contributed by atoms with E-state index in [1.807, 2.05) is 24.3 Å². The molecule has 0 aromatic heterocycles. The molecule has 1 rings (SSSR count). The normalized spacial score (nSPS) is 11.3. The van der Waals surface area contributed by atoms with Crippen molar-refractivity contribution < 1.29 is 19.7 Å². The zero-order valence-corrected chi connectivity index (χ0v) is 14.7. The third-order valence-corrected chi connectivity index (χ3v) is 3.40. The van der Waals surface area contributed by atoms with Crippen LogP contribution in [-0.4, -0.2) is 24.7 Å². The first-order valence-corrected chi connectivity index (χ1v) is 7.72. The van der Waals surface area contributed by atoms with Crippen LogP contribution >= 0.6 is 0 Å². The Morgan fingerprint density at radius 1 is 1.17 bits per heavy atom. The van der Waals surface area contributed by atoms with Gasteiger partial charge in [-0.25, -0.2) is 4.79 Å². The van der Waals surface area contributed by atoms with Crippen molar-refractivity contribution in [3.8, 4) is 5.75 Å². The molecule has 0 fully saturated rings. The van der Waals surface area contributed by atoms with E-state index in [4.69, 9.17) is 9.47 Å². The minimum Gasteiger partial charge on any atom is -0.870 e. The van der Waals surface area contributed by atoms with Crippen LogP contribution in [0.3, 0.4) is 0 Å². The van der Waals surface area contributed by atoms with E-state index in [1.165, 1.54) is 18.9 Å². The maximum absolute atomic E-state index is 11.8. The van der Waals surface area contributed by atoms with E-state index < -0.39 is 0 Å². The third kappa shape index (κ3) is 9.71. The Hall–Kier alpha value is -1.85. The number of ether oxygens (including phenoxy) is 2. The lowest BCUT2D eigenvalue weighted by Crippen LogP contribution is -2.15. The fraction of sp³-hybridized carbons (Fsp3) is 0.500. The Kier molecular flexibility index (Phi) is 14.0. The topological polar surface area (TPSA) is 102 Å². The number of quaternary nitrogens is 1. The first kappa shape index (κ1) is 23.4. The Bertz CT molecular complexity index is 443. The summed E-state index contributed by atoms with van der Waals surface area (Å²) in [5.41, 5.74) is 0.951. The zero-order chi connectivity index (χ0) is 15.5. The molecule has 1 aromatic rings. The number of carbonyl (C=O) groups is 1. The molecule has 0 amide bonds. The highest BCUT2D eigenvalue weighted by atomic mass is 16.5. The highest BCUT2D eigenvalue weighted by Gasteiger charge is 2.09. The van der Waals surface area contributed by atoms with E-state index in [1.54, 1.807) is 13.2 Å². The van der Waals surface area contributed by atoms with Gasteiger partial charge in [0.25, 0.3) is 0 Å². The Morgan fingerprint density at radius 3 is 2.35 bits per heavy atom. The van der Waals surface area contributed by atoms with Crippen molar-refractivity contribution in [2.75, 3.05) is 7.11 Å². The van der Waals surface area contributed by atoms with Crippen molar-refractivity contribution in [2.45, 2.75) is 52.1 Å². The van der Waals surface area contributed by atoms with Gasteiger partial charge in [-0.1, -0.05) is 38.8 Å². The minimum absolute atomic E-state index is 0. The van der Waals surface area contributed by atoms with Crippen molar-refractivity contribution in [3.05, 3.63) is 35.9 Å². The smallest absolute Gasteiger partial charge is 0.331 e. The van der Waals surface area contributed by atoms with Crippen LogP contribution in [0, 0.1) is 0 Å². The van der Waals surface area contributed by atoms with Gasteiger partial charge >= 0.3 is 5.97 Å². The summed E-state index contributed by atoms with van der Waals surface area (Å²) in [6, 6.07) is 7.54. The average Bonchev–Trinajstić information content (AvgIpc) is 2.52. The van der Waals surface area contributed by atoms with E-state index >= 15 is 0 Å². The fourth-order valence-corrected chi connectivity index (χ4v) is 2.05. The molecule has 0 heterocycles. The number of hydrogen-bond donors (Lipinski definition) is 1. The maximum Gasteiger partial charge on any atom is 0.331 e. The van der Waals surface area contributed by atoms with Crippen molar-refractivity contribution in [1.82, 2.24) is 6.15 Å². The number of rotatable bonds is 9. The predicted octanol–water partition coefficient (Wildman–Crippen LogP) is 4.81. The number of hydrogen-bond acceptors (Lipinski definition) is 4. The van der Waals surface area contributed by atoms with Crippen LogP contribution in [0.4, 0.5) is 0 Å². The summed E-state index contributed by atoms with van der Waals surface area (Å²) in [6.45, 7) is 4.22. The van der Waals surface area contributed by atoms with Crippen molar-refractivity contribution in [2.24, 2.45) is 0 Å². The predicted molar refractivity (Wildman–Crippen MR) is 94.3 cm³/mol. The van der Waals surface area contributed by atoms with Gasteiger partial charge < -0.3 is 21.1 Å². The molecule has 0 aliphatic heterocycles. The SMILES string of the molecule is CCCCCC(CC)OC(=O)C=Cc1ccc(OC)cc1.[NH4+].[OH-]. The largest absolute Gasteiger partial charge is 0.870 e. The molecule has 1 atom stereocenters. The summed E-state index contributed by atoms with van der Waals surface area (Å²) < 4.78 is 10.6. The molecular formula is C18H31NO4. The number of methoxy groups -OCH3 is 1. The van der Waals surface area contributed by atoms with Crippen molar-refractivity contribution in [3.63, 3.8) is 0 Å². The first-order chi connectivity index (χ1) is 10.2. The molecule has 1 aromatic carbocycles. The molecule has 0 bridgehead atoms. The summed E-state index contributed by atoms with van der Waals surface area (Å²) in [5, 5.41) is 0. The lowest BCUT2D eigenvalue weighted by molar-refractivity contribution is -0.143. The quantitative estimate of drug-likeness (QED) is 0.400. The molecular weight excluding hydrogens is 294 g/mol. The van der Waals surface area contributed by atoms with Crippen molar-refractivity contribution in [1.29, 1.82) is 0 Å². The van der Waals surface area contributed by atoms with E-state index in [2.05, 4.69) is 13.8 Å². The van der Waals surface area contributed by atoms with Gasteiger partial charge in [-0.15, -0.1) is 0 Å². The molecule has 5 heteroatoms. The lowest BCUT2D eigenvalue weighted by Gasteiger charge is -2.14. The second kappa shape index (κ2) is 13.8. The summed E-state index contributed by atoms with van der Waals surface area (Å²) in [4.78, 5) is 11.8. The monoisotopic (exact) mass is 325 g/mol. The molecule has 132 valence electrons. The van der Waals surface area contributed by atoms with E-state index in [0.29, 0.717) is 0 Å². The molecule has 0 aliphatic carbocycles. The van der Waals surface area contributed by atoms with Gasteiger partial charge in [0, 0.05) is 6.08 Å². The number of carbonyl (C=O) groups excluding carboxylic acids is 1. The molecule has 5 N–H and O–H groups in total. The minimum atomic E-state index is -0.269. The van der Waals surface area contributed by atoms with E-state index in [-0.39, 0.29) is 23.7 Å². The van der Waals surface area contributed by atoms with Gasteiger partial charge in [0.15, 0.2) is 0 Å². The van der Waals surface area contributed by atoms with Gasteiger partial charge in [-0.2, -0.15) is 0 Å². The lowest BCUT2D eigenvalue weighted by atomic mass is 10.1. The molecule has 0 saturated carbocycles. The van der Waals surface area contributed by atoms with Crippen LogP contribution < -0.4 is 10.9 Å². The van der Waals surface area contributed by atoms with Gasteiger partial charge in [0.2, 0.25) is 0 Å². The summed E-state index contributed by atoms with van der Waals surface area (Å²) in [7, 11) is 1.63. The molecule has 0 radical (unpaired) electrons. The van der Waals surface area contributed by atoms with Gasteiger partial charge in [0.05, 0.1) is 7.11 Å². The molecule has 0 spiro atoms. The number of benzene rings is 1. The van der Waals surface area contributed by atoms with Gasteiger partial charge in [-0.05, 0) is 43.0 Å². The van der Waals surface area contributed by atoms with Crippen LogP contribution in [0.1, 0.15) is 51.5 Å². The highest BCUT2D eigenvalue weighted by Crippen LogP contribution is 2.13. The van der Waals surface area contributed by atoms with Gasteiger partial charge in [0.1, 0.15) is 11.9 Å². The van der Waals surface area contributed by atoms with Crippen LogP contribution in [0.25, 0.3) is 6.08 Å². The second-order valence-corrected chi connectivity index (χ2v) is 5.07. The summed E-state index contributed by atoms with van der Waals surface area (Å²) in [5.74, 6) is 0.533.